The number of carbonyl (C=O) groups excluding carboxylic acids is 2. The van der Waals surface area contributed by atoms with E-state index in [0.717, 1.165) is 47.5 Å². The van der Waals surface area contributed by atoms with Gasteiger partial charge < -0.3 is 15.1 Å². The molecule has 1 aromatic carbocycles. The number of nitrogens with one attached hydrogen (secondary N) is 1. The third-order valence-corrected chi connectivity index (χ3v) is 6.04. The monoisotopic (exact) mass is 399 g/mol. The molecule has 1 aliphatic carbocycles. The quantitative estimate of drug-likeness (QED) is 0.705. The third kappa shape index (κ3) is 4.73. The second-order valence-electron chi connectivity index (χ2n) is 7.56. The van der Waals surface area contributed by atoms with Crippen molar-refractivity contribution in [2.24, 2.45) is 5.92 Å². The highest BCUT2D eigenvalue weighted by Gasteiger charge is 2.25. The molecule has 2 aromatic rings. The second-order valence-corrected chi connectivity index (χ2v) is 8.51. The topological polar surface area (TPSA) is 52.7 Å². The molecular formula is C22H29N3O2S. The van der Waals surface area contributed by atoms with Crippen molar-refractivity contribution in [3.8, 4) is 0 Å². The van der Waals surface area contributed by atoms with Crippen molar-refractivity contribution in [3.63, 3.8) is 0 Å². The minimum atomic E-state index is 0.0606. The minimum absolute atomic E-state index is 0.0606. The van der Waals surface area contributed by atoms with Gasteiger partial charge in [-0.15, -0.1) is 11.3 Å². The molecule has 1 N–H and O–H groups in total. The minimum Gasteiger partial charge on any atom is -0.377 e. The Balaban J connectivity index is 1.82. The van der Waals surface area contributed by atoms with Crippen LogP contribution >= 0.6 is 11.3 Å². The maximum absolute atomic E-state index is 12.9. The van der Waals surface area contributed by atoms with Crippen LogP contribution in [-0.4, -0.2) is 37.4 Å². The maximum Gasteiger partial charge on any atom is 0.264 e. The molecule has 1 aliphatic rings. The summed E-state index contributed by atoms with van der Waals surface area (Å²) in [6.45, 7) is 3.30. The highest BCUT2D eigenvalue weighted by Crippen LogP contribution is 2.29. The van der Waals surface area contributed by atoms with E-state index in [0.29, 0.717) is 13.1 Å². The molecule has 5 nitrogen and oxygen atoms in total. The summed E-state index contributed by atoms with van der Waals surface area (Å²) in [6, 6.07) is 9.75. The smallest absolute Gasteiger partial charge is 0.264 e. The summed E-state index contributed by atoms with van der Waals surface area (Å²) in [6.07, 6.45) is 3.99. The van der Waals surface area contributed by atoms with Crippen LogP contribution in [0.4, 0.5) is 11.4 Å². The van der Waals surface area contributed by atoms with Crippen LogP contribution in [0.1, 0.15) is 47.8 Å². The van der Waals surface area contributed by atoms with Crippen molar-refractivity contribution in [1.82, 2.24) is 4.90 Å². The molecule has 0 unspecified atom stereocenters. The molecule has 28 heavy (non-hydrogen) atoms. The first-order valence-corrected chi connectivity index (χ1v) is 10.8. The molecule has 0 saturated heterocycles. The predicted molar refractivity (Wildman–Crippen MR) is 116 cm³/mol. The van der Waals surface area contributed by atoms with Gasteiger partial charge in [-0.25, -0.2) is 0 Å². The molecule has 1 saturated carbocycles. The number of amides is 2. The van der Waals surface area contributed by atoms with Gasteiger partial charge in [0.2, 0.25) is 5.91 Å². The predicted octanol–water partition coefficient (Wildman–Crippen LogP) is 4.61. The van der Waals surface area contributed by atoms with E-state index in [1.807, 2.05) is 59.6 Å². The Labute approximate surface area is 171 Å². The summed E-state index contributed by atoms with van der Waals surface area (Å²) >= 11 is 1.47. The third-order valence-electron chi connectivity index (χ3n) is 5.18. The number of anilines is 2. The summed E-state index contributed by atoms with van der Waals surface area (Å²) < 4.78 is 0. The van der Waals surface area contributed by atoms with Crippen LogP contribution in [-0.2, 0) is 11.3 Å². The van der Waals surface area contributed by atoms with Crippen molar-refractivity contribution in [2.45, 2.75) is 39.2 Å². The summed E-state index contributed by atoms with van der Waals surface area (Å²) in [5, 5.41) is 4.98. The van der Waals surface area contributed by atoms with Crippen LogP contribution in [0.5, 0.6) is 0 Å². The lowest BCUT2D eigenvalue weighted by molar-refractivity contribution is -0.122. The van der Waals surface area contributed by atoms with Gasteiger partial charge >= 0.3 is 0 Å². The van der Waals surface area contributed by atoms with Crippen molar-refractivity contribution in [3.05, 3.63) is 46.2 Å². The summed E-state index contributed by atoms with van der Waals surface area (Å²) in [5.41, 5.74) is 2.90. The largest absolute Gasteiger partial charge is 0.377 e. The lowest BCUT2D eigenvalue weighted by Crippen LogP contribution is -2.31. The van der Waals surface area contributed by atoms with E-state index in [4.69, 9.17) is 0 Å². The molecule has 1 aromatic heterocycles. The van der Waals surface area contributed by atoms with E-state index in [1.54, 1.807) is 0 Å². The van der Waals surface area contributed by atoms with Crippen LogP contribution in [0.3, 0.4) is 0 Å². The Morgan fingerprint density at radius 1 is 1.21 bits per heavy atom. The summed E-state index contributed by atoms with van der Waals surface area (Å²) in [4.78, 5) is 30.0. The lowest BCUT2D eigenvalue weighted by Gasteiger charge is -2.27. The SMILES string of the molecule is CCCN(Cc1cc(NC(=O)C2CCC2)ccc1N(C)C)C(=O)c1cccs1. The van der Waals surface area contributed by atoms with Crippen LogP contribution in [0.25, 0.3) is 0 Å². The van der Waals surface area contributed by atoms with Gasteiger partial charge in [0.25, 0.3) is 5.91 Å². The standard InChI is InChI=1S/C22H29N3O2S/c1-4-12-25(22(27)20-9-6-13-28-20)15-17-14-18(10-11-19(17)24(2)3)23-21(26)16-7-5-8-16/h6,9-11,13-14,16H,4-5,7-8,12,15H2,1-3H3,(H,23,26). The first kappa shape index (κ1) is 20.4. The van der Waals surface area contributed by atoms with Crippen molar-refractivity contribution >= 4 is 34.5 Å². The average Bonchev–Trinajstić information content (AvgIpc) is 3.13. The molecule has 1 heterocycles. The lowest BCUT2D eigenvalue weighted by atomic mass is 9.85. The summed E-state index contributed by atoms with van der Waals surface area (Å²) in [7, 11) is 3.99. The molecular weight excluding hydrogens is 370 g/mol. The first-order valence-electron chi connectivity index (χ1n) is 9.93. The van der Waals surface area contributed by atoms with Crippen molar-refractivity contribution in [1.29, 1.82) is 0 Å². The number of thiophene rings is 1. The van der Waals surface area contributed by atoms with E-state index in [9.17, 15) is 9.59 Å². The van der Waals surface area contributed by atoms with E-state index >= 15 is 0 Å². The average molecular weight is 400 g/mol. The molecule has 0 bridgehead atoms. The molecule has 2 amide bonds. The van der Waals surface area contributed by atoms with Gasteiger partial charge in [-0.2, -0.15) is 0 Å². The number of benzene rings is 1. The highest BCUT2D eigenvalue weighted by molar-refractivity contribution is 7.12. The van der Waals surface area contributed by atoms with E-state index in [-0.39, 0.29) is 17.7 Å². The molecule has 0 radical (unpaired) electrons. The van der Waals surface area contributed by atoms with Gasteiger partial charge in [-0.3, -0.25) is 9.59 Å². The van der Waals surface area contributed by atoms with E-state index < -0.39 is 0 Å². The zero-order valence-electron chi connectivity index (χ0n) is 16.9. The van der Waals surface area contributed by atoms with Gasteiger partial charge in [0.1, 0.15) is 0 Å². The fourth-order valence-electron chi connectivity index (χ4n) is 3.42. The molecule has 3 rings (SSSR count). The number of nitrogens with zero attached hydrogens (tertiary/aromatic N) is 2. The Morgan fingerprint density at radius 2 is 2.00 bits per heavy atom. The Hall–Kier alpha value is -2.34. The highest BCUT2D eigenvalue weighted by atomic mass is 32.1. The molecule has 150 valence electrons. The number of rotatable bonds is 8. The van der Waals surface area contributed by atoms with Crippen molar-refractivity contribution < 1.29 is 9.59 Å². The molecule has 6 heteroatoms. The fraction of sp³-hybridized carbons (Fsp3) is 0.455. The maximum atomic E-state index is 12.9. The fourth-order valence-corrected chi connectivity index (χ4v) is 4.12. The Bertz CT molecular complexity index is 813. The van der Waals surface area contributed by atoms with Crippen LogP contribution in [0, 0.1) is 5.92 Å². The van der Waals surface area contributed by atoms with Gasteiger partial charge in [0.15, 0.2) is 0 Å². The van der Waals surface area contributed by atoms with Gasteiger partial charge in [-0.1, -0.05) is 19.4 Å². The van der Waals surface area contributed by atoms with E-state index in [2.05, 4.69) is 12.2 Å². The first-order chi connectivity index (χ1) is 13.5. The molecule has 0 atom stereocenters. The molecule has 0 aliphatic heterocycles. The number of carbonyl (C=O) groups is 2. The number of hydrogen-bond acceptors (Lipinski definition) is 4. The Kier molecular flexibility index (Phi) is 6.73. The normalized spacial score (nSPS) is 13.7. The molecule has 1 fully saturated rings. The van der Waals surface area contributed by atoms with Gasteiger partial charge in [-0.05, 0) is 54.5 Å². The summed E-state index contributed by atoms with van der Waals surface area (Å²) in [5.74, 6) is 0.314. The second kappa shape index (κ2) is 9.24. The van der Waals surface area contributed by atoms with Crippen molar-refractivity contribution in [2.75, 3.05) is 30.9 Å². The van der Waals surface area contributed by atoms with Gasteiger partial charge in [0, 0.05) is 44.5 Å². The zero-order valence-corrected chi connectivity index (χ0v) is 17.7. The van der Waals surface area contributed by atoms with Gasteiger partial charge in [0.05, 0.1) is 4.88 Å². The van der Waals surface area contributed by atoms with Crippen LogP contribution in [0.2, 0.25) is 0 Å². The van der Waals surface area contributed by atoms with E-state index in [1.165, 1.54) is 11.3 Å². The van der Waals surface area contributed by atoms with Crippen LogP contribution < -0.4 is 10.2 Å². The number of hydrogen-bond donors (Lipinski definition) is 1. The zero-order chi connectivity index (χ0) is 20.1. The Morgan fingerprint density at radius 3 is 2.57 bits per heavy atom. The molecule has 0 spiro atoms. The van der Waals surface area contributed by atoms with Crippen LogP contribution in [0.15, 0.2) is 35.7 Å².